The lowest BCUT2D eigenvalue weighted by Gasteiger charge is -2.20. The van der Waals surface area contributed by atoms with Crippen molar-refractivity contribution in [3.8, 4) is 5.75 Å². The lowest BCUT2D eigenvalue weighted by Crippen LogP contribution is -2.17. The number of rotatable bonds is 5. The van der Waals surface area contributed by atoms with Gasteiger partial charge in [0.25, 0.3) is 0 Å². The number of hydrogen-bond donors (Lipinski definition) is 1. The second kappa shape index (κ2) is 6.01. The van der Waals surface area contributed by atoms with Crippen molar-refractivity contribution in [1.82, 2.24) is 0 Å². The largest absolute Gasteiger partial charge is 0.490 e. The van der Waals surface area contributed by atoms with Gasteiger partial charge in [0.2, 0.25) is 0 Å². The fourth-order valence-corrected chi connectivity index (χ4v) is 1.91. The Labute approximate surface area is 103 Å². The monoisotopic (exact) mass is 239 g/mol. The van der Waals surface area contributed by atoms with Gasteiger partial charge in [0.05, 0.1) is 6.10 Å². The number of ether oxygens (including phenoxy) is 1. The maximum atomic E-state index is 13.1. The fraction of sp³-hybridized carbons (Fsp3) is 0.571. The summed E-state index contributed by atoms with van der Waals surface area (Å²) in [6.07, 6.45) is 1.08. The summed E-state index contributed by atoms with van der Waals surface area (Å²) in [5.74, 6) is 0.986. The van der Waals surface area contributed by atoms with Crippen LogP contribution in [0.15, 0.2) is 18.2 Å². The van der Waals surface area contributed by atoms with E-state index in [0.29, 0.717) is 11.7 Å². The van der Waals surface area contributed by atoms with Crippen molar-refractivity contribution < 1.29 is 9.13 Å². The van der Waals surface area contributed by atoms with Crippen molar-refractivity contribution in [3.05, 3.63) is 29.6 Å². The minimum absolute atomic E-state index is 0.109. The minimum Gasteiger partial charge on any atom is -0.490 e. The normalized spacial score (nSPS) is 14.8. The molecule has 0 aliphatic heterocycles. The average Bonchev–Trinajstić information content (AvgIpc) is 2.19. The highest BCUT2D eigenvalue weighted by Gasteiger charge is 2.13. The van der Waals surface area contributed by atoms with Crippen LogP contribution in [0, 0.1) is 11.7 Å². The first-order valence-electron chi connectivity index (χ1n) is 6.11. The smallest absolute Gasteiger partial charge is 0.124 e. The van der Waals surface area contributed by atoms with E-state index in [0.717, 1.165) is 12.0 Å². The van der Waals surface area contributed by atoms with Crippen LogP contribution in [0.2, 0.25) is 0 Å². The highest BCUT2D eigenvalue weighted by molar-refractivity contribution is 5.36. The Kier molecular flexibility index (Phi) is 4.94. The first kappa shape index (κ1) is 14.0. The SMILES string of the molecule is CC(C)CC(C)Oc1ccc(F)cc1[C@H](C)N. The average molecular weight is 239 g/mol. The Balaban J connectivity index is 2.83. The van der Waals surface area contributed by atoms with Crippen LogP contribution >= 0.6 is 0 Å². The van der Waals surface area contributed by atoms with Crippen LogP contribution in [0.3, 0.4) is 0 Å². The van der Waals surface area contributed by atoms with Gasteiger partial charge in [-0.1, -0.05) is 13.8 Å². The van der Waals surface area contributed by atoms with Gasteiger partial charge in [0.1, 0.15) is 11.6 Å². The van der Waals surface area contributed by atoms with E-state index in [-0.39, 0.29) is 18.0 Å². The summed E-state index contributed by atoms with van der Waals surface area (Å²) in [6.45, 7) is 8.15. The zero-order chi connectivity index (χ0) is 13.0. The van der Waals surface area contributed by atoms with E-state index >= 15 is 0 Å². The van der Waals surface area contributed by atoms with Gasteiger partial charge in [-0.3, -0.25) is 0 Å². The molecular weight excluding hydrogens is 217 g/mol. The summed E-state index contributed by atoms with van der Waals surface area (Å²) in [7, 11) is 0. The van der Waals surface area contributed by atoms with Gasteiger partial charge in [-0.2, -0.15) is 0 Å². The fourth-order valence-electron chi connectivity index (χ4n) is 1.91. The van der Waals surface area contributed by atoms with Crippen molar-refractivity contribution in [2.75, 3.05) is 0 Å². The first-order chi connectivity index (χ1) is 7.90. The molecule has 0 amide bonds. The number of benzene rings is 1. The van der Waals surface area contributed by atoms with E-state index in [1.807, 2.05) is 13.8 Å². The van der Waals surface area contributed by atoms with Crippen LogP contribution in [0.5, 0.6) is 5.75 Å². The lowest BCUT2D eigenvalue weighted by molar-refractivity contribution is 0.190. The van der Waals surface area contributed by atoms with Crippen LogP contribution < -0.4 is 10.5 Å². The summed E-state index contributed by atoms with van der Waals surface area (Å²) >= 11 is 0. The Morgan fingerprint density at radius 1 is 1.24 bits per heavy atom. The maximum Gasteiger partial charge on any atom is 0.124 e. The van der Waals surface area contributed by atoms with Crippen LogP contribution in [0.25, 0.3) is 0 Å². The molecule has 0 aromatic heterocycles. The van der Waals surface area contributed by atoms with E-state index in [2.05, 4.69) is 13.8 Å². The van der Waals surface area contributed by atoms with Crippen molar-refractivity contribution in [2.45, 2.75) is 46.3 Å². The van der Waals surface area contributed by atoms with E-state index in [1.54, 1.807) is 6.07 Å². The molecule has 2 nitrogen and oxygen atoms in total. The molecule has 2 N–H and O–H groups in total. The third-order valence-electron chi connectivity index (χ3n) is 2.59. The van der Waals surface area contributed by atoms with Gasteiger partial charge in [0, 0.05) is 11.6 Å². The summed E-state index contributed by atoms with van der Waals surface area (Å²) in [4.78, 5) is 0. The molecule has 17 heavy (non-hydrogen) atoms. The second-order valence-corrected chi connectivity index (χ2v) is 5.03. The lowest BCUT2D eigenvalue weighted by atomic mass is 10.1. The molecule has 0 fully saturated rings. The topological polar surface area (TPSA) is 35.2 Å². The summed E-state index contributed by atoms with van der Waals surface area (Å²) < 4.78 is 19.0. The molecule has 0 saturated heterocycles. The van der Waals surface area contributed by atoms with Gasteiger partial charge < -0.3 is 10.5 Å². The Bertz CT molecular complexity index is 363. The van der Waals surface area contributed by atoms with Crippen LogP contribution in [-0.2, 0) is 0 Å². The Morgan fingerprint density at radius 3 is 2.41 bits per heavy atom. The molecule has 1 rings (SSSR count). The van der Waals surface area contributed by atoms with Crippen molar-refractivity contribution in [2.24, 2.45) is 11.7 Å². The van der Waals surface area contributed by atoms with Crippen molar-refractivity contribution in [3.63, 3.8) is 0 Å². The molecule has 0 spiro atoms. The molecule has 96 valence electrons. The zero-order valence-electron chi connectivity index (χ0n) is 11.0. The van der Waals surface area contributed by atoms with Gasteiger partial charge >= 0.3 is 0 Å². The molecule has 3 heteroatoms. The first-order valence-corrected chi connectivity index (χ1v) is 6.11. The summed E-state index contributed by atoms with van der Waals surface area (Å²) in [5, 5.41) is 0. The molecule has 0 aliphatic carbocycles. The van der Waals surface area contributed by atoms with Gasteiger partial charge in [0.15, 0.2) is 0 Å². The Morgan fingerprint density at radius 2 is 1.88 bits per heavy atom. The molecule has 0 saturated carbocycles. The molecule has 0 heterocycles. The molecule has 0 aliphatic rings. The maximum absolute atomic E-state index is 13.1. The third kappa shape index (κ3) is 4.35. The highest BCUT2D eigenvalue weighted by Crippen LogP contribution is 2.26. The van der Waals surface area contributed by atoms with E-state index < -0.39 is 0 Å². The molecular formula is C14H22FNO. The van der Waals surface area contributed by atoms with Crippen LogP contribution in [-0.4, -0.2) is 6.10 Å². The minimum atomic E-state index is -0.277. The quantitative estimate of drug-likeness (QED) is 0.851. The second-order valence-electron chi connectivity index (χ2n) is 5.03. The van der Waals surface area contributed by atoms with Gasteiger partial charge in [-0.25, -0.2) is 4.39 Å². The predicted molar refractivity (Wildman–Crippen MR) is 68.5 cm³/mol. The zero-order valence-corrected chi connectivity index (χ0v) is 11.0. The van der Waals surface area contributed by atoms with Gasteiger partial charge in [-0.05, 0) is 44.4 Å². The summed E-state index contributed by atoms with van der Waals surface area (Å²) in [6, 6.07) is 4.28. The molecule has 0 bridgehead atoms. The van der Waals surface area contributed by atoms with E-state index in [1.165, 1.54) is 12.1 Å². The molecule has 0 radical (unpaired) electrons. The van der Waals surface area contributed by atoms with Gasteiger partial charge in [-0.15, -0.1) is 0 Å². The van der Waals surface area contributed by atoms with Crippen LogP contribution in [0.1, 0.15) is 45.7 Å². The summed E-state index contributed by atoms with van der Waals surface area (Å²) in [5.41, 5.74) is 6.54. The van der Waals surface area contributed by atoms with Crippen molar-refractivity contribution in [1.29, 1.82) is 0 Å². The Hall–Kier alpha value is -1.09. The third-order valence-corrected chi connectivity index (χ3v) is 2.59. The van der Waals surface area contributed by atoms with E-state index in [4.69, 9.17) is 10.5 Å². The molecule has 2 atom stereocenters. The standard InChI is InChI=1S/C14H22FNO/c1-9(2)7-10(3)17-14-6-5-12(15)8-13(14)11(4)16/h5-6,8-11H,7,16H2,1-4H3/t10?,11-/m0/s1. The number of hydrogen-bond acceptors (Lipinski definition) is 2. The molecule has 1 unspecified atom stereocenters. The molecule has 1 aromatic rings. The predicted octanol–water partition coefficient (Wildman–Crippen LogP) is 3.66. The van der Waals surface area contributed by atoms with E-state index in [9.17, 15) is 4.39 Å². The molecule has 1 aromatic carbocycles. The van der Waals surface area contributed by atoms with Crippen molar-refractivity contribution >= 4 is 0 Å². The van der Waals surface area contributed by atoms with Crippen LogP contribution in [0.4, 0.5) is 4.39 Å². The number of nitrogens with two attached hydrogens (primary N) is 1. The number of halogens is 1. The highest BCUT2D eigenvalue weighted by atomic mass is 19.1.